The summed E-state index contributed by atoms with van der Waals surface area (Å²) in [6, 6.07) is 7.19. The third-order valence-corrected chi connectivity index (χ3v) is 2.63. The van der Waals surface area contributed by atoms with Crippen molar-refractivity contribution in [3.05, 3.63) is 24.3 Å². The summed E-state index contributed by atoms with van der Waals surface area (Å²) >= 11 is 0. The van der Waals surface area contributed by atoms with Crippen LogP contribution in [0.5, 0.6) is 5.75 Å². The van der Waals surface area contributed by atoms with Crippen LogP contribution in [0.4, 0.5) is 5.69 Å². The highest BCUT2D eigenvalue weighted by Crippen LogP contribution is 2.19. The van der Waals surface area contributed by atoms with Gasteiger partial charge in [0.2, 0.25) is 5.91 Å². The van der Waals surface area contributed by atoms with Gasteiger partial charge in [0, 0.05) is 6.54 Å². The number of carbonyl (C=O) groups is 1. The third-order valence-electron chi connectivity index (χ3n) is 2.63. The second kappa shape index (κ2) is 8.37. The standard InChI is InChI=1S/C14H22N2O3/c1-11(17)5-4-9-16-14(18)8-10-19-13-7-3-2-6-12(13)15/h2-3,6-7,11,17H,4-5,8-10,15H2,1H3,(H,16,18). The molecule has 5 nitrogen and oxygen atoms in total. The van der Waals surface area contributed by atoms with Gasteiger partial charge < -0.3 is 20.9 Å². The number of nitrogens with one attached hydrogen (secondary N) is 1. The molecule has 0 fully saturated rings. The third kappa shape index (κ3) is 6.67. The van der Waals surface area contributed by atoms with Gasteiger partial charge in [-0.2, -0.15) is 0 Å². The molecule has 1 aromatic carbocycles. The first kappa shape index (κ1) is 15.3. The second-order valence-corrected chi connectivity index (χ2v) is 4.48. The monoisotopic (exact) mass is 266 g/mol. The number of anilines is 1. The smallest absolute Gasteiger partial charge is 0.223 e. The molecule has 1 rings (SSSR count). The molecular formula is C14H22N2O3. The molecule has 1 unspecified atom stereocenters. The zero-order chi connectivity index (χ0) is 14.1. The van der Waals surface area contributed by atoms with Gasteiger partial charge in [-0.15, -0.1) is 0 Å². The quantitative estimate of drug-likeness (QED) is 0.489. The van der Waals surface area contributed by atoms with Gasteiger partial charge in [0.05, 0.1) is 24.8 Å². The summed E-state index contributed by atoms with van der Waals surface area (Å²) in [6.45, 7) is 2.62. The highest BCUT2D eigenvalue weighted by molar-refractivity contribution is 5.75. The molecular weight excluding hydrogens is 244 g/mol. The highest BCUT2D eigenvalue weighted by atomic mass is 16.5. The number of carbonyl (C=O) groups excluding carboxylic acids is 1. The van der Waals surface area contributed by atoms with E-state index in [1.807, 2.05) is 12.1 Å². The van der Waals surface area contributed by atoms with Crippen LogP contribution in [0.25, 0.3) is 0 Å². The van der Waals surface area contributed by atoms with Crippen LogP contribution in [-0.2, 0) is 4.79 Å². The van der Waals surface area contributed by atoms with E-state index >= 15 is 0 Å². The van der Waals surface area contributed by atoms with Crippen LogP contribution >= 0.6 is 0 Å². The fraction of sp³-hybridized carbons (Fsp3) is 0.500. The largest absolute Gasteiger partial charge is 0.491 e. The Hall–Kier alpha value is -1.75. The first-order valence-corrected chi connectivity index (χ1v) is 6.51. The zero-order valence-electron chi connectivity index (χ0n) is 11.3. The predicted molar refractivity (Wildman–Crippen MR) is 74.9 cm³/mol. The van der Waals surface area contributed by atoms with E-state index in [0.717, 1.165) is 6.42 Å². The number of benzene rings is 1. The van der Waals surface area contributed by atoms with Crippen molar-refractivity contribution in [2.24, 2.45) is 0 Å². The van der Waals surface area contributed by atoms with E-state index in [1.165, 1.54) is 0 Å². The van der Waals surface area contributed by atoms with Crippen LogP contribution in [0.1, 0.15) is 26.2 Å². The van der Waals surface area contributed by atoms with Crippen LogP contribution in [0, 0.1) is 0 Å². The zero-order valence-corrected chi connectivity index (χ0v) is 11.3. The lowest BCUT2D eigenvalue weighted by molar-refractivity contribution is -0.121. The Morgan fingerprint density at radius 2 is 2.21 bits per heavy atom. The summed E-state index contributed by atoms with van der Waals surface area (Å²) in [6.07, 6.45) is 1.44. The van der Waals surface area contributed by atoms with Crippen molar-refractivity contribution in [3.8, 4) is 5.75 Å². The van der Waals surface area contributed by atoms with Gasteiger partial charge in [0.1, 0.15) is 5.75 Å². The number of para-hydroxylation sites is 2. The minimum atomic E-state index is -0.318. The molecule has 106 valence electrons. The topological polar surface area (TPSA) is 84.6 Å². The average Bonchev–Trinajstić information content (AvgIpc) is 2.37. The van der Waals surface area contributed by atoms with E-state index < -0.39 is 0 Å². The molecule has 5 heteroatoms. The molecule has 19 heavy (non-hydrogen) atoms. The van der Waals surface area contributed by atoms with E-state index in [0.29, 0.717) is 37.4 Å². The van der Waals surface area contributed by atoms with Crippen LogP contribution in [-0.4, -0.2) is 30.3 Å². The molecule has 0 radical (unpaired) electrons. The Labute approximate surface area is 113 Å². The maximum atomic E-state index is 11.5. The molecule has 0 aliphatic carbocycles. The Morgan fingerprint density at radius 3 is 2.89 bits per heavy atom. The Bertz CT molecular complexity index is 394. The molecule has 0 saturated heterocycles. The summed E-state index contributed by atoms with van der Waals surface area (Å²) in [5, 5.41) is 11.8. The normalized spacial score (nSPS) is 11.9. The molecule has 0 aliphatic rings. The second-order valence-electron chi connectivity index (χ2n) is 4.48. The van der Waals surface area contributed by atoms with Gasteiger partial charge >= 0.3 is 0 Å². The molecule has 1 atom stereocenters. The maximum Gasteiger partial charge on any atom is 0.223 e. The van der Waals surface area contributed by atoms with Crippen molar-refractivity contribution in [2.45, 2.75) is 32.3 Å². The number of nitrogen functional groups attached to an aromatic ring is 1. The van der Waals surface area contributed by atoms with Gasteiger partial charge in [-0.1, -0.05) is 12.1 Å². The predicted octanol–water partition coefficient (Wildman–Crippen LogP) is 1.31. The van der Waals surface area contributed by atoms with Crippen molar-refractivity contribution < 1.29 is 14.6 Å². The van der Waals surface area contributed by atoms with E-state index in [1.54, 1.807) is 19.1 Å². The van der Waals surface area contributed by atoms with Crippen molar-refractivity contribution in [2.75, 3.05) is 18.9 Å². The number of rotatable bonds is 8. The summed E-state index contributed by atoms with van der Waals surface area (Å²) in [7, 11) is 0. The van der Waals surface area contributed by atoms with Crippen molar-refractivity contribution >= 4 is 11.6 Å². The fourth-order valence-electron chi connectivity index (χ4n) is 1.58. The van der Waals surface area contributed by atoms with Crippen LogP contribution in [0.2, 0.25) is 0 Å². The lowest BCUT2D eigenvalue weighted by Gasteiger charge is -2.09. The Kier molecular flexibility index (Phi) is 6.74. The van der Waals surface area contributed by atoms with Gasteiger partial charge in [-0.3, -0.25) is 4.79 Å². The average molecular weight is 266 g/mol. The van der Waals surface area contributed by atoms with Gasteiger partial charge in [0.15, 0.2) is 0 Å². The number of amides is 1. The van der Waals surface area contributed by atoms with Gasteiger partial charge in [-0.05, 0) is 31.9 Å². The lowest BCUT2D eigenvalue weighted by atomic mass is 10.2. The van der Waals surface area contributed by atoms with Gasteiger partial charge in [0.25, 0.3) is 0 Å². The van der Waals surface area contributed by atoms with E-state index in [2.05, 4.69) is 5.32 Å². The Balaban J connectivity index is 2.12. The molecule has 0 aromatic heterocycles. The number of aliphatic hydroxyl groups is 1. The molecule has 0 bridgehead atoms. The van der Waals surface area contributed by atoms with Gasteiger partial charge in [-0.25, -0.2) is 0 Å². The lowest BCUT2D eigenvalue weighted by Crippen LogP contribution is -2.26. The summed E-state index contributed by atoms with van der Waals surface area (Å²) in [5.41, 5.74) is 6.28. The number of ether oxygens (including phenoxy) is 1. The Morgan fingerprint density at radius 1 is 1.47 bits per heavy atom. The molecule has 1 aromatic rings. The molecule has 0 heterocycles. The summed E-state index contributed by atoms with van der Waals surface area (Å²) in [4.78, 5) is 11.5. The van der Waals surface area contributed by atoms with Crippen molar-refractivity contribution in [3.63, 3.8) is 0 Å². The van der Waals surface area contributed by atoms with E-state index in [9.17, 15) is 4.79 Å². The molecule has 4 N–H and O–H groups in total. The minimum Gasteiger partial charge on any atom is -0.491 e. The van der Waals surface area contributed by atoms with Crippen LogP contribution in [0.3, 0.4) is 0 Å². The first-order valence-electron chi connectivity index (χ1n) is 6.51. The summed E-state index contributed by atoms with van der Waals surface area (Å²) < 4.78 is 5.43. The first-order chi connectivity index (χ1) is 9.09. The maximum absolute atomic E-state index is 11.5. The number of hydrogen-bond acceptors (Lipinski definition) is 4. The van der Waals surface area contributed by atoms with Crippen molar-refractivity contribution in [1.29, 1.82) is 0 Å². The number of hydrogen-bond donors (Lipinski definition) is 3. The molecule has 0 aliphatic heterocycles. The fourth-order valence-corrected chi connectivity index (χ4v) is 1.58. The molecule has 0 saturated carbocycles. The minimum absolute atomic E-state index is 0.0555. The van der Waals surface area contributed by atoms with E-state index in [-0.39, 0.29) is 12.0 Å². The highest BCUT2D eigenvalue weighted by Gasteiger charge is 2.03. The molecule has 0 spiro atoms. The number of nitrogens with two attached hydrogens (primary N) is 1. The number of aliphatic hydroxyl groups excluding tert-OH is 1. The van der Waals surface area contributed by atoms with Crippen molar-refractivity contribution in [1.82, 2.24) is 5.32 Å². The molecule has 1 amide bonds. The SMILES string of the molecule is CC(O)CCCNC(=O)CCOc1ccccc1N. The summed E-state index contributed by atoms with van der Waals surface area (Å²) in [5.74, 6) is 0.546. The van der Waals surface area contributed by atoms with Crippen LogP contribution < -0.4 is 15.8 Å². The van der Waals surface area contributed by atoms with Crippen LogP contribution in [0.15, 0.2) is 24.3 Å². The van der Waals surface area contributed by atoms with E-state index in [4.69, 9.17) is 15.6 Å².